The van der Waals surface area contributed by atoms with Gasteiger partial charge in [0.2, 0.25) is 0 Å². The second-order valence-electron chi connectivity index (χ2n) is 8.04. The molecule has 1 N–H and O–H groups in total. The number of furan rings is 1. The second kappa shape index (κ2) is 7.80. The van der Waals surface area contributed by atoms with E-state index in [4.69, 9.17) is 4.42 Å². The molecule has 0 unspecified atom stereocenters. The van der Waals surface area contributed by atoms with Gasteiger partial charge in [0.05, 0.1) is 18.1 Å². The molecule has 35 heavy (non-hydrogen) atoms. The Bertz CT molecular complexity index is 1680. The Kier molecular flexibility index (Phi) is 4.59. The zero-order valence-electron chi connectivity index (χ0n) is 18.2. The van der Waals surface area contributed by atoms with Crippen molar-refractivity contribution in [2.75, 3.05) is 11.4 Å². The van der Waals surface area contributed by atoms with Crippen molar-refractivity contribution < 1.29 is 19.1 Å². The van der Waals surface area contributed by atoms with Crippen LogP contribution in [0.25, 0.3) is 22.3 Å². The first kappa shape index (κ1) is 20.6. The number of aromatic nitrogens is 4. The van der Waals surface area contributed by atoms with Crippen LogP contribution in [0.5, 0.6) is 0 Å². The van der Waals surface area contributed by atoms with Crippen molar-refractivity contribution in [2.45, 2.75) is 6.42 Å². The molecule has 4 heterocycles. The van der Waals surface area contributed by atoms with Gasteiger partial charge in [0.1, 0.15) is 11.3 Å². The minimum atomic E-state index is -1.18. The van der Waals surface area contributed by atoms with Gasteiger partial charge in [-0.3, -0.25) is 19.1 Å². The Morgan fingerprint density at radius 1 is 1.00 bits per heavy atom. The third-order valence-corrected chi connectivity index (χ3v) is 6.06. The van der Waals surface area contributed by atoms with Crippen LogP contribution >= 0.6 is 0 Å². The van der Waals surface area contributed by atoms with Gasteiger partial charge >= 0.3 is 5.97 Å². The fourth-order valence-electron chi connectivity index (χ4n) is 4.40. The van der Waals surface area contributed by atoms with Crippen molar-refractivity contribution >= 4 is 28.5 Å². The van der Waals surface area contributed by atoms with Crippen molar-refractivity contribution in [3.05, 3.63) is 101 Å². The quantitative estimate of drug-likeness (QED) is 0.431. The van der Waals surface area contributed by atoms with Crippen molar-refractivity contribution in [1.29, 1.82) is 0 Å². The van der Waals surface area contributed by atoms with Crippen LogP contribution in [0.2, 0.25) is 0 Å². The molecule has 0 aliphatic carbocycles. The summed E-state index contributed by atoms with van der Waals surface area (Å²) in [4.78, 5) is 43.0. The molecule has 0 bridgehead atoms. The number of hydrogen-bond donors (Lipinski definition) is 1. The number of carbonyl (C=O) groups excluding carboxylic acids is 1. The van der Waals surface area contributed by atoms with Gasteiger partial charge in [0.15, 0.2) is 5.69 Å². The van der Waals surface area contributed by atoms with Gasteiger partial charge in [0, 0.05) is 41.3 Å². The fraction of sp³-hybridized carbons (Fsp3) is 0.0800. The molecule has 0 radical (unpaired) electrons. The highest BCUT2D eigenvalue weighted by atomic mass is 16.4. The molecule has 10 nitrogen and oxygen atoms in total. The van der Waals surface area contributed by atoms with Crippen LogP contribution in [0, 0.1) is 0 Å². The summed E-state index contributed by atoms with van der Waals surface area (Å²) in [5, 5.41) is 14.8. The largest absolute Gasteiger partial charge is 0.476 e. The Morgan fingerprint density at radius 3 is 2.54 bits per heavy atom. The van der Waals surface area contributed by atoms with E-state index >= 15 is 0 Å². The summed E-state index contributed by atoms with van der Waals surface area (Å²) >= 11 is 0. The summed E-state index contributed by atoms with van der Waals surface area (Å²) in [7, 11) is 0. The Morgan fingerprint density at radius 2 is 1.77 bits per heavy atom. The smallest absolute Gasteiger partial charge is 0.356 e. The maximum Gasteiger partial charge on any atom is 0.356 e. The number of carboxylic acid groups (broad SMARTS) is 1. The third-order valence-electron chi connectivity index (χ3n) is 6.06. The standard InChI is InChI=1S/C25H17N5O5/c31-21-14-26-9-11-28(21)16-1-3-17(4-2-16)29-10-7-19-22(25(33)34)27-30(23(19)24(29)32)18-5-6-20-15(13-18)8-12-35-20/h1-6,8-9,11-14H,7,10H2,(H,33,34). The highest BCUT2D eigenvalue weighted by Crippen LogP contribution is 2.30. The first-order chi connectivity index (χ1) is 17.0. The first-order valence-corrected chi connectivity index (χ1v) is 10.8. The topological polar surface area (TPSA) is 123 Å². The lowest BCUT2D eigenvalue weighted by molar-refractivity contribution is 0.0688. The number of fused-ring (bicyclic) bond motifs is 2. The molecule has 10 heteroatoms. The molecule has 0 saturated carbocycles. The number of aromatic carboxylic acids is 1. The number of rotatable bonds is 4. The Labute approximate surface area is 197 Å². The molecule has 0 fully saturated rings. The van der Waals surface area contributed by atoms with Gasteiger partial charge in [-0.1, -0.05) is 0 Å². The van der Waals surface area contributed by atoms with Crippen molar-refractivity contribution in [3.8, 4) is 11.4 Å². The van der Waals surface area contributed by atoms with Crippen LogP contribution in [-0.4, -0.2) is 42.9 Å². The maximum absolute atomic E-state index is 13.7. The lowest BCUT2D eigenvalue weighted by Crippen LogP contribution is -2.39. The first-order valence-electron chi connectivity index (χ1n) is 10.8. The molecule has 6 rings (SSSR count). The number of nitrogens with zero attached hydrogens (tertiary/aromatic N) is 5. The van der Waals surface area contributed by atoms with Crippen LogP contribution in [0.1, 0.15) is 26.5 Å². The van der Waals surface area contributed by atoms with Crippen molar-refractivity contribution in [1.82, 2.24) is 19.3 Å². The van der Waals surface area contributed by atoms with Gasteiger partial charge in [-0.05, 0) is 55.0 Å². The van der Waals surface area contributed by atoms with E-state index < -0.39 is 5.97 Å². The molecule has 1 amide bonds. The average molecular weight is 467 g/mol. The summed E-state index contributed by atoms with van der Waals surface area (Å²) < 4.78 is 8.23. The molecule has 0 saturated heterocycles. The van der Waals surface area contributed by atoms with Crippen LogP contribution in [-0.2, 0) is 6.42 Å². The maximum atomic E-state index is 13.7. The lowest BCUT2D eigenvalue weighted by atomic mass is 10.0. The zero-order valence-corrected chi connectivity index (χ0v) is 18.2. The minimum absolute atomic E-state index is 0.132. The summed E-state index contributed by atoms with van der Waals surface area (Å²) in [6.45, 7) is 0.299. The number of hydrogen-bond acceptors (Lipinski definition) is 6. The van der Waals surface area contributed by atoms with Gasteiger partial charge in [0.25, 0.3) is 11.5 Å². The van der Waals surface area contributed by atoms with Crippen LogP contribution in [0.4, 0.5) is 5.69 Å². The number of carboxylic acids is 1. The van der Waals surface area contributed by atoms with E-state index in [0.717, 1.165) is 5.39 Å². The number of carbonyl (C=O) groups is 2. The number of anilines is 1. The van der Waals surface area contributed by atoms with Crippen molar-refractivity contribution in [3.63, 3.8) is 0 Å². The Balaban J connectivity index is 1.41. The lowest BCUT2D eigenvalue weighted by Gasteiger charge is -2.28. The van der Waals surface area contributed by atoms with E-state index in [0.29, 0.717) is 41.2 Å². The van der Waals surface area contributed by atoms with E-state index in [-0.39, 0.29) is 22.9 Å². The highest BCUT2D eigenvalue weighted by Gasteiger charge is 2.35. The minimum Gasteiger partial charge on any atom is -0.476 e. The van der Waals surface area contributed by atoms with Crippen LogP contribution < -0.4 is 10.5 Å². The molecule has 0 spiro atoms. The van der Waals surface area contributed by atoms with E-state index in [1.165, 1.54) is 21.6 Å². The molecule has 0 atom stereocenters. The predicted molar refractivity (Wildman–Crippen MR) is 126 cm³/mol. The van der Waals surface area contributed by atoms with Crippen molar-refractivity contribution in [2.24, 2.45) is 0 Å². The van der Waals surface area contributed by atoms with Crippen LogP contribution in [0.15, 0.2) is 82.6 Å². The van der Waals surface area contributed by atoms with E-state index in [1.54, 1.807) is 65.9 Å². The SMILES string of the molecule is O=C(O)c1nn(-c2ccc3occc3c2)c2c1CCN(c1ccc(-n3ccncc3=O)cc1)C2=O. The number of amides is 1. The molecule has 1 aliphatic heterocycles. The van der Waals surface area contributed by atoms with E-state index in [9.17, 15) is 19.5 Å². The summed E-state index contributed by atoms with van der Waals surface area (Å²) in [6.07, 6.45) is 6.21. The third kappa shape index (κ3) is 3.31. The molecular formula is C25H17N5O5. The van der Waals surface area contributed by atoms with Crippen LogP contribution in [0.3, 0.4) is 0 Å². The molecular weight excluding hydrogens is 450 g/mol. The summed E-state index contributed by atoms with van der Waals surface area (Å²) in [5.41, 5.74) is 2.72. The molecule has 5 aromatic rings. The van der Waals surface area contributed by atoms with Gasteiger partial charge in [-0.15, -0.1) is 0 Å². The van der Waals surface area contributed by atoms with E-state index in [2.05, 4.69) is 10.1 Å². The fourth-order valence-corrected chi connectivity index (χ4v) is 4.40. The highest BCUT2D eigenvalue weighted by molar-refractivity contribution is 6.09. The Hall–Kier alpha value is -4.99. The van der Waals surface area contributed by atoms with Gasteiger partial charge in [-0.2, -0.15) is 5.10 Å². The zero-order chi connectivity index (χ0) is 24.1. The van der Waals surface area contributed by atoms with Gasteiger partial charge in [-0.25, -0.2) is 9.48 Å². The summed E-state index contributed by atoms with van der Waals surface area (Å²) in [5.74, 6) is -1.54. The molecule has 2 aromatic carbocycles. The second-order valence-corrected chi connectivity index (χ2v) is 8.04. The summed E-state index contributed by atoms with van der Waals surface area (Å²) in [6, 6.07) is 14.1. The average Bonchev–Trinajstić information content (AvgIpc) is 3.50. The molecule has 3 aromatic heterocycles. The number of benzene rings is 2. The molecule has 172 valence electrons. The molecule has 1 aliphatic rings. The predicted octanol–water partition coefficient (Wildman–Crippen LogP) is 3.07. The van der Waals surface area contributed by atoms with E-state index in [1.807, 2.05) is 0 Å². The van der Waals surface area contributed by atoms with Gasteiger partial charge < -0.3 is 14.4 Å². The normalized spacial score (nSPS) is 13.3. The monoisotopic (exact) mass is 467 g/mol.